The molecule has 0 spiro atoms. The fourth-order valence-corrected chi connectivity index (χ4v) is 2.34. The largest absolute Gasteiger partial charge is 0.347 e. The summed E-state index contributed by atoms with van der Waals surface area (Å²) in [5.41, 5.74) is 1.56. The second-order valence-corrected chi connectivity index (χ2v) is 5.76. The van der Waals surface area contributed by atoms with E-state index >= 15 is 0 Å². The van der Waals surface area contributed by atoms with Crippen molar-refractivity contribution >= 4 is 29.1 Å². The number of halogens is 2. The fraction of sp³-hybridized carbons (Fsp3) is 0.125. The number of carbonyl (C=O) groups excluding carboxylic acids is 1. The lowest BCUT2D eigenvalue weighted by atomic mass is 10.1. The van der Waals surface area contributed by atoms with E-state index in [0.717, 1.165) is 11.1 Å². The Morgan fingerprint density at radius 1 is 1.12 bits per heavy atom. The number of hydrogen-bond donors (Lipinski definition) is 1. The standard InChI is InChI=1S/C16H12Cl2N4O2/c17-12-2-1-10(7-13(12)18)8-14(23)20-9-15-21-16(22-24-15)11-3-5-19-6-4-11/h1-7H,8-9H2,(H,20,23). The van der Waals surface area contributed by atoms with Crippen LogP contribution in [0.4, 0.5) is 0 Å². The first-order chi connectivity index (χ1) is 11.6. The summed E-state index contributed by atoms with van der Waals surface area (Å²) in [5.74, 6) is 0.590. The van der Waals surface area contributed by atoms with Crippen LogP contribution in [0, 0.1) is 0 Å². The molecule has 0 fully saturated rings. The van der Waals surface area contributed by atoms with Crippen LogP contribution in [-0.4, -0.2) is 21.0 Å². The maximum atomic E-state index is 12.0. The number of amides is 1. The Kier molecular flexibility index (Phi) is 5.08. The molecule has 6 nitrogen and oxygen atoms in total. The number of pyridine rings is 1. The third kappa shape index (κ3) is 4.10. The second-order valence-electron chi connectivity index (χ2n) is 4.95. The van der Waals surface area contributed by atoms with Crippen molar-refractivity contribution in [1.82, 2.24) is 20.4 Å². The molecule has 0 saturated heterocycles. The van der Waals surface area contributed by atoms with Crippen LogP contribution in [0.25, 0.3) is 11.4 Å². The average Bonchev–Trinajstić information content (AvgIpc) is 3.06. The molecule has 2 aromatic heterocycles. The first-order valence-corrected chi connectivity index (χ1v) is 7.81. The van der Waals surface area contributed by atoms with Crippen LogP contribution in [0.5, 0.6) is 0 Å². The Labute approximate surface area is 147 Å². The molecule has 8 heteroatoms. The summed E-state index contributed by atoms with van der Waals surface area (Å²) in [6.07, 6.45) is 3.47. The molecule has 0 radical (unpaired) electrons. The van der Waals surface area contributed by atoms with Gasteiger partial charge < -0.3 is 9.84 Å². The van der Waals surface area contributed by atoms with Gasteiger partial charge >= 0.3 is 0 Å². The predicted molar refractivity (Wildman–Crippen MR) is 89.5 cm³/mol. The van der Waals surface area contributed by atoms with E-state index in [2.05, 4.69) is 20.4 Å². The molecule has 3 aromatic rings. The Balaban J connectivity index is 1.56. The smallest absolute Gasteiger partial charge is 0.246 e. The van der Waals surface area contributed by atoms with Gasteiger partial charge in [0.2, 0.25) is 17.6 Å². The molecular formula is C16H12Cl2N4O2. The monoisotopic (exact) mass is 362 g/mol. The Morgan fingerprint density at radius 2 is 1.92 bits per heavy atom. The molecule has 0 saturated carbocycles. The summed E-state index contributed by atoms with van der Waals surface area (Å²) in [6.45, 7) is 0.151. The van der Waals surface area contributed by atoms with Gasteiger partial charge in [-0.25, -0.2) is 0 Å². The number of nitrogens with zero attached hydrogens (tertiary/aromatic N) is 3. The second kappa shape index (κ2) is 7.42. The van der Waals surface area contributed by atoms with Crippen LogP contribution in [0.1, 0.15) is 11.5 Å². The van der Waals surface area contributed by atoms with Gasteiger partial charge in [0.25, 0.3) is 0 Å². The van der Waals surface area contributed by atoms with Crippen molar-refractivity contribution in [2.45, 2.75) is 13.0 Å². The van der Waals surface area contributed by atoms with Crippen LogP contribution in [0.2, 0.25) is 10.0 Å². The Hall–Kier alpha value is -2.44. The maximum Gasteiger partial charge on any atom is 0.246 e. The van der Waals surface area contributed by atoms with Gasteiger partial charge in [0.05, 0.1) is 23.0 Å². The molecule has 1 aromatic carbocycles. The van der Waals surface area contributed by atoms with Gasteiger partial charge in [-0.05, 0) is 29.8 Å². The van der Waals surface area contributed by atoms with Crippen molar-refractivity contribution in [1.29, 1.82) is 0 Å². The number of aromatic nitrogens is 3. The lowest BCUT2D eigenvalue weighted by Crippen LogP contribution is -2.24. The molecule has 0 atom stereocenters. The lowest BCUT2D eigenvalue weighted by Gasteiger charge is -2.04. The highest BCUT2D eigenvalue weighted by atomic mass is 35.5. The fourth-order valence-electron chi connectivity index (χ4n) is 2.02. The van der Waals surface area contributed by atoms with Crippen molar-refractivity contribution in [3.63, 3.8) is 0 Å². The Morgan fingerprint density at radius 3 is 2.67 bits per heavy atom. The molecule has 0 aliphatic carbocycles. The zero-order valence-corrected chi connectivity index (χ0v) is 13.9. The molecule has 0 aliphatic heterocycles. The van der Waals surface area contributed by atoms with Crippen molar-refractivity contribution in [2.75, 3.05) is 0 Å². The lowest BCUT2D eigenvalue weighted by molar-refractivity contribution is -0.120. The maximum absolute atomic E-state index is 12.0. The molecule has 1 amide bonds. The summed E-state index contributed by atoms with van der Waals surface area (Å²) < 4.78 is 5.12. The predicted octanol–water partition coefficient (Wildman–Crippen LogP) is 3.30. The summed E-state index contributed by atoms with van der Waals surface area (Å²) in [5, 5.41) is 7.47. The molecule has 0 aliphatic rings. The van der Waals surface area contributed by atoms with Crippen molar-refractivity contribution in [3.8, 4) is 11.4 Å². The zero-order chi connectivity index (χ0) is 16.9. The normalized spacial score (nSPS) is 10.6. The minimum Gasteiger partial charge on any atom is -0.347 e. The van der Waals surface area contributed by atoms with Gasteiger partial charge in [0.15, 0.2) is 0 Å². The van der Waals surface area contributed by atoms with Crippen LogP contribution in [0.3, 0.4) is 0 Å². The van der Waals surface area contributed by atoms with Gasteiger partial charge in [0, 0.05) is 18.0 Å². The molecule has 2 heterocycles. The number of nitrogens with one attached hydrogen (secondary N) is 1. The zero-order valence-electron chi connectivity index (χ0n) is 12.4. The number of hydrogen-bond acceptors (Lipinski definition) is 5. The van der Waals surface area contributed by atoms with E-state index in [-0.39, 0.29) is 18.9 Å². The van der Waals surface area contributed by atoms with E-state index in [1.165, 1.54) is 0 Å². The van der Waals surface area contributed by atoms with Gasteiger partial charge in [0.1, 0.15) is 0 Å². The van der Waals surface area contributed by atoms with Crippen molar-refractivity contribution in [3.05, 3.63) is 64.2 Å². The first kappa shape index (κ1) is 16.4. The first-order valence-electron chi connectivity index (χ1n) is 7.05. The van der Waals surface area contributed by atoms with Gasteiger partial charge in [-0.15, -0.1) is 0 Å². The summed E-state index contributed by atoms with van der Waals surface area (Å²) in [4.78, 5) is 20.1. The van der Waals surface area contributed by atoms with Crippen LogP contribution in [0.15, 0.2) is 47.2 Å². The molecule has 3 rings (SSSR count). The van der Waals surface area contributed by atoms with E-state index in [9.17, 15) is 4.79 Å². The molecule has 122 valence electrons. The average molecular weight is 363 g/mol. The van der Waals surface area contributed by atoms with Crippen molar-refractivity contribution in [2.24, 2.45) is 0 Å². The van der Waals surface area contributed by atoms with Crippen LogP contribution >= 0.6 is 23.2 Å². The topological polar surface area (TPSA) is 80.9 Å². The van der Waals surface area contributed by atoms with E-state index in [4.69, 9.17) is 27.7 Å². The van der Waals surface area contributed by atoms with E-state index < -0.39 is 0 Å². The van der Waals surface area contributed by atoms with Crippen LogP contribution < -0.4 is 5.32 Å². The summed E-state index contributed by atoms with van der Waals surface area (Å²) in [6, 6.07) is 8.63. The highest BCUT2D eigenvalue weighted by Crippen LogP contribution is 2.22. The number of rotatable bonds is 5. The molecule has 24 heavy (non-hydrogen) atoms. The third-order valence-electron chi connectivity index (χ3n) is 3.19. The molecule has 0 bridgehead atoms. The van der Waals surface area contributed by atoms with Gasteiger partial charge in [-0.2, -0.15) is 4.98 Å². The number of benzene rings is 1. The van der Waals surface area contributed by atoms with Crippen molar-refractivity contribution < 1.29 is 9.32 Å². The quantitative estimate of drug-likeness (QED) is 0.752. The van der Waals surface area contributed by atoms with Gasteiger partial charge in [-0.3, -0.25) is 9.78 Å². The number of carbonyl (C=O) groups is 1. The SMILES string of the molecule is O=C(Cc1ccc(Cl)c(Cl)c1)NCc1nc(-c2ccncc2)no1. The summed E-state index contributed by atoms with van der Waals surface area (Å²) >= 11 is 11.8. The third-order valence-corrected chi connectivity index (χ3v) is 3.93. The van der Waals surface area contributed by atoms with E-state index in [1.807, 2.05) is 0 Å². The highest BCUT2D eigenvalue weighted by molar-refractivity contribution is 6.42. The minimum atomic E-state index is -0.183. The molecule has 1 N–H and O–H groups in total. The molecular weight excluding hydrogens is 351 g/mol. The van der Waals surface area contributed by atoms with E-state index in [1.54, 1.807) is 42.7 Å². The van der Waals surface area contributed by atoms with Crippen LogP contribution in [-0.2, 0) is 17.8 Å². The minimum absolute atomic E-state index is 0.151. The summed E-state index contributed by atoms with van der Waals surface area (Å²) in [7, 11) is 0. The Bertz CT molecular complexity index is 852. The van der Waals surface area contributed by atoms with Gasteiger partial charge in [-0.1, -0.05) is 34.4 Å². The van der Waals surface area contributed by atoms with E-state index in [0.29, 0.717) is 21.8 Å². The highest BCUT2D eigenvalue weighted by Gasteiger charge is 2.10. The molecule has 0 unspecified atom stereocenters.